The molecule has 3 aromatic rings. The first-order valence-corrected chi connectivity index (χ1v) is 13.9. The monoisotopic (exact) mass is 559 g/mol. The van der Waals surface area contributed by atoms with Gasteiger partial charge in [0, 0.05) is 12.6 Å². The fourth-order valence-corrected chi connectivity index (χ4v) is 5.49. The van der Waals surface area contributed by atoms with E-state index in [0.717, 1.165) is 27.6 Å². The van der Waals surface area contributed by atoms with Crippen LogP contribution in [0.3, 0.4) is 0 Å². The quantitative estimate of drug-likeness (QED) is 0.382. The van der Waals surface area contributed by atoms with Crippen molar-refractivity contribution in [3.63, 3.8) is 0 Å². The molecule has 1 N–H and O–H groups in total. The summed E-state index contributed by atoms with van der Waals surface area (Å²) in [5.41, 5.74) is 1.77. The maximum atomic E-state index is 13.9. The number of sulfonamides is 1. The maximum Gasteiger partial charge on any atom is 0.264 e. The summed E-state index contributed by atoms with van der Waals surface area (Å²) in [6, 6.07) is 17.5. The summed E-state index contributed by atoms with van der Waals surface area (Å²) in [6.07, 6.45) is 0. The van der Waals surface area contributed by atoms with Gasteiger partial charge in [-0.2, -0.15) is 0 Å². The van der Waals surface area contributed by atoms with Crippen LogP contribution in [-0.2, 0) is 26.2 Å². The number of amides is 2. The van der Waals surface area contributed by atoms with Gasteiger partial charge in [-0.15, -0.1) is 0 Å². The van der Waals surface area contributed by atoms with Gasteiger partial charge < -0.3 is 10.2 Å². The molecular formula is C28H31ClFN3O4S. The van der Waals surface area contributed by atoms with Crippen molar-refractivity contribution in [2.24, 2.45) is 0 Å². The van der Waals surface area contributed by atoms with Crippen LogP contribution in [0.15, 0.2) is 77.7 Å². The van der Waals surface area contributed by atoms with E-state index in [4.69, 9.17) is 11.6 Å². The van der Waals surface area contributed by atoms with Crippen LogP contribution in [0.25, 0.3) is 0 Å². The number of aryl methyl sites for hydroxylation is 1. The van der Waals surface area contributed by atoms with Crippen molar-refractivity contribution in [1.82, 2.24) is 10.2 Å². The van der Waals surface area contributed by atoms with Crippen molar-refractivity contribution in [3.8, 4) is 0 Å². The Labute approximate surface area is 228 Å². The van der Waals surface area contributed by atoms with Crippen molar-refractivity contribution >= 4 is 39.1 Å². The van der Waals surface area contributed by atoms with E-state index in [-0.39, 0.29) is 34.1 Å². The van der Waals surface area contributed by atoms with Gasteiger partial charge in [-0.05, 0) is 63.6 Å². The van der Waals surface area contributed by atoms with Gasteiger partial charge in [0.25, 0.3) is 10.0 Å². The summed E-state index contributed by atoms with van der Waals surface area (Å²) in [4.78, 5) is 28.0. The molecule has 0 heterocycles. The summed E-state index contributed by atoms with van der Waals surface area (Å²) < 4.78 is 42.2. The standard InChI is InChI=1S/C28H31ClFN3O4S/c1-19(2)31-28(35)21(4)32(17-22-10-8-9-20(3)15-22)27(34)18-33(23-13-14-26(30)25(29)16-23)38(36,37)24-11-6-5-7-12-24/h5-16,19,21H,17-18H2,1-4H3,(H,31,35)/t21-/m1/s1. The Bertz CT molecular complexity index is 1400. The van der Waals surface area contributed by atoms with Crippen molar-refractivity contribution in [2.45, 2.75) is 51.2 Å². The Morgan fingerprint density at radius 3 is 2.26 bits per heavy atom. The fourth-order valence-electron chi connectivity index (χ4n) is 3.88. The number of carbonyl (C=O) groups is 2. The number of nitrogens with zero attached hydrogens (tertiary/aromatic N) is 2. The van der Waals surface area contributed by atoms with Crippen LogP contribution in [0.2, 0.25) is 5.02 Å². The van der Waals surface area contributed by atoms with Gasteiger partial charge in [0.2, 0.25) is 11.8 Å². The van der Waals surface area contributed by atoms with Crippen LogP contribution in [0.4, 0.5) is 10.1 Å². The Morgan fingerprint density at radius 1 is 0.974 bits per heavy atom. The first-order chi connectivity index (χ1) is 17.9. The molecular weight excluding hydrogens is 529 g/mol. The number of carbonyl (C=O) groups excluding carboxylic acids is 2. The molecule has 0 radical (unpaired) electrons. The van der Waals surface area contributed by atoms with Crippen LogP contribution in [0.1, 0.15) is 31.9 Å². The predicted molar refractivity (Wildman–Crippen MR) is 147 cm³/mol. The van der Waals surface area contributed by atoms with Crippen LogP contribution in [-0.4, -0.2) is 43.8 Å². The molecule has 0 aromatic heterocycles. The van der Waals surface area contributed by atoms with E-state index >= 15 is 0 Å². The molecule has 10 heteroatoms. The molecule has 0 aliphatic heterocycles. The highest BCUT2D eigenvalue weighted by Gasteiger charge is 2.33. The number of anilines is 1. The average Bonchev–Trinajstić information content (AvgIpc) is 2.87. The maximum absolute atomic E-state index is 13.9. The van der Waals surface area contributed by atoms with Crippen molar-refractivity contribution in [3.05, 3.63) is 94.8 Å². The molecule has 3 rings (SSSR count). The van der Waals surface area contributed by atoms with E-state index in [1.54, 1.807) is 25.1 Å². The van der Waals surface area contributed by atoms with Crippen molar-refractivity contribution in [1.29, 1.82) is 0 Å². The Hall–Kier alpha value is -3.43. The molecule has 0 aliphatic carbocycles. The highest BCUT2D eigenvalue weighted by Crippen LogP contribution is 2.28. The summed E-state index contributed by atoms with van der Waals surface area (Å²) in [7, 11) is -4.25. The van der Waals surface area contributed by atoms with E-state index in [9.17, 15) is 22.4 Å². The Morgan fingerprint density at radius 2 is 1.66 bits per heavy atom. The summed E-state index contributed by atoms with van der Waals surface area (Å²) in [6.45, 7) is 6.57. The van der Waals surface area contributed by atoms with Crippen LogP contribution >= 0.6 is 11.6 Å². The van der Waals surface area contributed by atoms with Gasteiger partial charge in [-0.1, -0.05) is 59.6 Å². The molecule has 7 nitrogen and oxygen atoms in total. The number of hydrogen-bond acceptors (Lipinski definition) is 4. The predicted octanol–water partition coefficient (Wildman–Crippen LogP) is 4.92. The lowest BCUT2D eigenvalue weighted by Gasteiger charge is -2.32. The van der Waals surface area contributed by atoms with Crippen molar-refractivity contribution < 1.29 is 22.4 Å². The zero-order valence-corrected chi connectivity index (χ0v) is 23.3. The average molecular weight is 560 g/mol. The van der Waals surface area contributed by atoms with E-state index in [0.29, 0.717) is 0 Å². The minimum absolute atomic E-state index is 0.0170. The van der Waals surface area contributed by atoms with Gasteiger partial charge >= 0.3 is 0 Å². The highest BCUT2D eigenvalue weighted by atomic mass is 35.5. The molecule has 0 bridgehead atoms. The first kappa shape index (κ1) is 29.1. The molecule has 0 unspecified atom stereocenters. The molecule has 0 fully saturated rings. The number of benzene rings is 3. The van der Waals surface area contributed by atoms with E-state index in [1.807, 2.05) is 45.0 Å². The smallest absolute Gasteiger partial charge is 0.264 e. The minimum Gasteiger partial charge on any atom is -0.352 e. The minimum atomic E-state index is -4.25. The molecule has 202 valence electrons. The second-order valence-electron chi connectivity index (χ2n) is 9.27. The molecule has 1 atom stereocenters. The largest absolute Gasteiger partial charge is 0.352 e. The molecule has 0 spiro atoms. The summed E-state index contributed by atoms with van der Waals surface area (Å²) >= 11 is 5.97. The van der Waals surface area contributed by atoms with Gasteiger partial charge in [-0.25, -0.2) is 12.8 Å². The number of halogens is 2. The fraction of sp³-hybridized carbons (Fsp3) is 0.286. The second-order valence-corrected chi connectivity index (χ2v) is 11.5. The number of nitrogens with one attached hydrogen (secondary N) is 1. The third-order valence-electron chi connectivity index (χ3n) is 5.83. The molecule has 0 saturated carbocycles. The molecule has 3 aromatic carbocycles. The lowest BCUT2D eigenvalue weighted by molar-refractivity contribution is -0.139. The van der Waals surface area contributed by atoms with Crippen LogP contribution in [0, 0.1) is 12.7 Å². The number of hydrogen-bond donors (Lipinski definition) is 1. The van der Waals surface area contributed by atoms with Gasteiger partial charge in [0.15, 0.2) is 0 Å². The van der Waals surface area contributed by atoms with Crippen LogP contribution < -0.4 is 9.62 Å². The summed E-state index contributed by atoms with van der Waals surface area (Å²) in [5.74, 6) is -1.71. The molecule has 0 aliphatic rings. The third-order valence-corrected chi connectivity index (χ3v) is 7.91. The second kappa shape index (κ2) is 12.4. The van der Waals surface area contributed by atoms with E-state index in [2.05, 4.69) is 5.32 Å². The lowest BCUT2D eigenvalue weighted by Crippen LogP contribution is -2.52. The van der Waals surface area contributed by atoms with E-state index in [1.165, 1.54) is 23.1 Å². The van der Waals surface area contributed by atoms with Gasteiger partial charge in [0.1, 0.15) is 18.4 Å². The first-order valence-electron chi connectivity index (χ1n) is 12.1. The van der Waals surface area contributed by atoms with Gasteiger partial charge in [-0.3, -0.25) is 13.9 Å². The Balaban J connectivity index is 2.05. The number of rotatable bonds is 10. The van der Waals surface area contributed by atoms with Gasteiger partial charge in [0.05, 0.1) is 15.6 Å². The normalized spacial score (nSPS) is 12.2. The van der Waals surface area contributed by atoms with E-state index < -0.39 is 34.3 Å². The zero-order valence-electron chi connectivity index (χ0n) is 21.7. The molecule has 2 amide bonds. The summed E-state index contributed by atoms with van der Waals surface area (Å²) in [5, 5.41) is 2.52. The zero-order chi connectivity index (χ0) is 28.0. The van der Waals surface area contributed by atoms with Crippen molar-refractivity contribution in [2.75, 3.05) is 10.8 Å². The third kappa shape index (κ3) is 7.11. The molecule has 38 heavy (non-hydrogen) atoms. The highest BCUT2D eigenvalue weighted by molar-refractivity contribution is 7.92. The Kier molecular flexibility index (Phi) is 9.51. The SMILES string of the molecule is Cc1cccc(CN(C(=O)CN(c2ccc(F)c(Cl)c2)S(=O)(=O)c2ccccc2)[C@H](C)C(=O)NC(C)C)c1. The molecule has 0 saturated heterocycles. The van der Waals surface area contributed by atoms with Crippen LogP contribution in [0.5, 0.6) is 0 Å². The lowest BCUT2D eigenvalue weighted by atomic mass is 10.1. The topological polar surface area (TPSA) is 86.8 Å².